The van der Waals surface area contributed by atoms with Crippen molar-refractivity contribution in [3.05, 3.63) is 138 Å². The highest BCUT2D eigenvalue weighted by Crippen LogP contribution is 2.47. The van der Waals surface area contributed by atoms with E-state index in [4.69, 9.17) is 4.52 Å². The topological polar surface area (TPSA) is 38.3 Å². The van der Waals surface area contributed by atoms with E-state index >= 15 is 0 Å². The summed E-state index contributed by atoms with van der Waals surface area (Å²) in [6, 6.07) is 40.4. The van der Waals surface area contributed by atoms with Gasteiger partial charge in [0.1, 0.15) is 0 Å². The van der Waals surface area contributed by atoms with Gasteiger partial charge in [-0.15, -0.1) is 0 Å². The van der Waals surface area contributed by atoms with Gasteiger partial charge < -0.3 is 4.52 Å². The van der Waals surface area contributed by atoms with Gasteiger partial charge in [-0.05, 0) is 35.7 Å². The second-order valence-electron chi connectivity index (χ2n) is 7.61. The smallest absolute Gasteiger partial charge is 0.245 e. The Balaban J connectivity index is 1.87. The third-order valence-electron chi connectivity index (χ3n) is 5.66. The van der Waals surface area contributed by atoms with E-state index in [1.165, 1.54) is 0 Å². The van der Waals surface area contributed by atoms with Crippen LogP contribution < -0.4 is 10.6 Å². The highest BCUT2D eigenvalue weighted by molar-refractivity contribution is 7.66. The summed E-state index contributed by atoms with van der Waals surface area (Å²) in [7, 11) is -3.14. The summed E-state index contributed by atoms with van der Waals surface area (Å²) in [5, 5.41) is 4.44. The Bertz CT molecular complexity index is 1050. The Labute approximate surface area is 190 Å². The summed E-state index contributed by atoms with van der Waals surface area (Å²) >= 11 is 0. The lowest BCUT2D eigenvalue weighted by Crippen LogP contribution is -2.45. The fourth-order valence-corrected chi connectivity index (χ4v) is 6.08. The molecule has 0 spiro atoms. The van der Waals surface area contributed by atoms with Crippen molar-refractivity contribution in [1.82, 2.24) is 5.32 Å². The fraction of sp³-hybridized carbons (Fsp3) is 0.143. The van der Waals surface area contributed by atoms with Gasteiger partial charge in [-0.1, -0.05) is 109 Å². The highest BCUT2D eigenvalue weighted by atomic mass is 31.2. The number of hydrogen-bond donors (Lipinski definition) is 1. The minimum atomic E-state index is -3.14. The first kappa shape index (κ1) is 22.2. The second kappa shape index (κ2) is 10.1. The Hall–Kier alpha value is -2.97. The van der Waals surface area contributed by atoms with Gasteiger partial charge >= 0.3 is 0 Å². The van der Waals surface area contributed by atoms with E-state index in [1.54, 1.807) is 0 Å². The molecule has 0 radical (unpaired) electrons. The molecule has 1 N–H and O–H groups in total. The van der Waals surface area contributed by atoms with Gasteiger partial charge in [0.25, 0.3) is 0 Å². The van der Waals surface area contributed by atoms with Crippen LogP contribution >= 0.6 is 7.37 Å². The molecule has 1 atom stereocenters. The summed E-state index contributed by atoms with van der Waals surface area (Å²) < 4.78 is 20.0. The Morgan fingerprint density at radius 2 is 1.03 bits per heavy atom. The van der Waals surface area contributed by atoms with Crippen LogP contribution in [0.5, 0.6) is 0 Å². The Kier molecular flexibility index (Phi) is 7.02. The molecule has 0 fully saturated rings. The summed E-state index contributed by atoms with van der Waals surface area (Å²) in [5.41, 5.74) is 2.54. The maximum atomic E-state index is 14.1. The molecule has 0 heterocycles. The zero-order valence-electron chi connectivity index (χ0n) is 18.2. The van der Waals surface area contributed by atoms with Crippen LogP contribution in [0, 0.1) is 0 Å². The van der Waals surface area contributed by atoms with E-state index in [2.05, 4.69) is 41.7 Å². The largest absolute Gasteiger partial charge is 0.325 e. The molecule has 0 saturated heterocycles. The molecule has 3 nitrogen and oxygen atoms in total. The van der Waals surface area contributed by atoms with Crippen LogP contribution in [0.15, 0.2) is 121 Å². The molecule has 4 heteroatoms. The van der Waals surface area contributed by atoms with Crippen molar-refractivity contribution in [2.75, 3.05) is 12.9 Å². The first-order valence-electron chi connectivity index (χ1n) is 10.9. The first-order chi connectivity index (χ1) is 15.7. The molecule has 32 heavy (non-hydrogen) atoms. The third-order valence-corrected chi connectivity index (χ3v) is 7.99. The van der Waals surface area contributed by atoms with Crippen LogP contribution in [0.3, 0.4) is 0 Å². The minimum absolute atomic E-state index is 0.198. The third kappa shape index (κ3) is 4.47. The molecule has 4 aromatic carbocycles. The zero-order chi connectivity index (χ0) is 22.3. The number of hydrogen-bond acceptors (Lipinski definition) is 3. The van der Waals surface area contributed by atoms with Crippen molar-refractivity contribution < 1.29 is 9.09 Å². The molecule has 0 amide bonds. The monoisotopic (exact) mass is 441 g/mol. The van der Waals surface area contributed by atoms with Crippen molar-refractivity contribution in [3.63, 3.8) is 0 Å². The Morgan fingerprint density at radius 3 is 1.41 bits per heavy atom. The highest BCUT2D eigenvalue weighted by Gasteiger charge is 2.38. The summed E-state index contributed by atoms with van der Waals surface area (Å²) in [6.07, 6.45) is 0.198. The molecule has 0 aliphatic heterocycles. The average Bonchev–Trinajstić information content (AvgIpc) is 2.87. The zero-order valence-corrected chi connectivity index (χ0v) is 19.1. The van der Waals surface area contributed by atoms with Gasteiger partial charge in [-0.2, -0.15) is 0 Å². The number of benzene rings is 4. The van der Waals surface area contributed by atoms with Crippen molar-refractivity contribution in [2.45, 2.75) is 12.5 Å². The van der Waals surface area contributed by atoms with E-state index in [0.29, 0.717) is 6.61 Å². The molecule has 0 saturated carbocycles. The lowest BCUT2D eigenvalue weighted by Gasteiger charge is -2.38. The Morgan fingerprint density at radius 1 is 0.656 bits per heavy atom. The molecule has 4 rings (SSSR count). The van der Waals surface area contributed by atoms with E-state index in [1.807, 2.05) is 91.9 Å². The van der Waals surface area contributed by atoms with Crippen molar-refractivity contribution in [1.29, 1.82) is 0 Å². The SMILES string of the molecule is CCOP(=O)(CNC(c1ccccc1)(c1ccccc1)c1ccccc1)c1ccccc1. The number of nitrogens with one attached hydrogen (secondary N) is 1. The predicted molar refractivity (Wildman–Crippen MR) is 133 cm³/mol. The quantitative estimate of drug-likeness (QED) is 0.250. The van der Waals surface area contributed by atoms with Crippen molar-refractivity contribution >= 4 is 12.7 Å². The van der Waals surface area contributed by atoms with Crippen molar-refractivity contribution in [2.24, 2.45) is 0 Å². The standard InChI is InChI=1S/C28H28NO2P/c1-2-31-32(30,27-21-13-6-14-22-27)23-29-28(24-15-7-3-8-16-24,25-17-9-4-10-18-25)26-19-11-5-12-20-26/h3-22,29H,2,23H2,1H3. The van der Waals surface area contributed by atoms with Gasteiger partial charge in [0.2, 0.25) is 7.37 Å². The van der Waals surface area contributed by atoms with Gasteiger partial charge in [-0.25, -0.2) is 0 Å². The molecule has 0 aliphatic carbocycles. The maximum Gasteiger partial charge on any atom is 0.245 e. The van der Waals surface area contributed by atoms with Gasteiger partial charge in [0.15, 0.2) is 0 Å². The van der Waals surface area contributed by atoms with Crippen LogP contribution in [-0.2, 0) is 14.6 Å². The minimum Gasteiger partial charge on any atom is -0.325 e. The predicted octanol–water partition coefficient (Wildman–Crippen LogP) is 6.17. The maximum absolute atomic E-state index is 14.1. The van der Waals surface area contributed by atoms with E-state index in [0.717, 1.165) is 22.0 Å². The summed E-state index contributed by atoms with van der Waals surface area (Å²) in [6.45, 7) is 2.26. The molecule has 0 aliphatic rings. The van der Waals surface area contributed by atoms with Gasteiger partial charge in [0, 0.05) is 5.30 Å². The van der Waals surface area contributed by atoms with Crippen molar-refractivity contribution in [3.8, 4) is 0 Å². The average molecular weight is 442 g/mol. The van der Waals surface area contributed by atoms with Crippen LogP contribution in [0.4, 0.5) is 0 Å². The van der Waals surface area contributed by atoms with Crippen LogP contribution in [-0.4, -0.2) is 12.9 Å². The molecule has 0 aromatic heterocycles. The van der Waals surface area contributed by atoms with Crippen LogP contribution in [0.1, 0.15) is 23.6 Å². The first-order valence-corrected chi connectivity index (χ1v) is 12.7. The van der Waals surface area contributed by atoms with Gasteiger partial charge in [-0.3, -0.25) is 9.88 Å². The van der Waals surface area contributed by atoms with E-state index in [-0.39, 0.29) is 6.29 Å². The normalized spacial score (nSPS) is 13.4. The van der Waals surface area contributed by atoms with Crippen LogP contribution in [0.25, 0.3) is 0 Å². The van der Waals surface area contributed by atoms with E-state index in [9.17, 15) is 4.57 Å². The lowest BCUT2D eigenvalue weighted by molar-refractivity contribution is 0.334. The van der Waals surface area contributed by atoms with Gasteiger partial charge in [0.05, 0.1) is 18.4 Å². The lowest BCUT2D eigenvalue weighted by atomic mass is 9.77. The second-order valence-corrected chi connectivity index (χ2v) is 10.0. The van der Waals surface area contributed by atoms with E-state index < -0.39 is 12.9 Å². The molecule has 1 unspecified atom stereocenters. The number of rotatable bonds is 9. The molecule has 0 bridgehead atoms. The summed E-state index contributed by atoms with van der Waals surface area (Å²) in [4.78, 5) is 0. The molecular formula is C28H28NO2P. The van der Waals surface area contributed by atoms with Crippen LogP contribution in [0.2, 0.25) is 0 Å². The molecule has 4 aromatic rings. The molecule has 162 valence electrons. The summed E-state index contributed by atoms with van der Waals surface area (Å²) in [5.74, 6) is 0. The molecular weight excluding hydrogens is 413 g/mol. The fourth-order valence-electron chi connectivity index (χ4n) is 4.17.